The molecule has 0 aliphatic heterocycles. The molecule has 0 aliphatic carbocycles. The highest BCUT2D eigenvalue weighted by atomic mass is 79.9. The molecule has 0 bridgehead atoms. The zero-order valence-electron chi connectivity index (χ0n) is 25.5. The third kappa shape index (κ3) is 7.21. The third-order valence-electron chi connectivity index (χ3n) is 7.31. The van der Waals surface area contributed by atoms with Crippen LogP contribution in [0.1, 0.15) is 22.6 Å². The SMILES string of the molecule is COc1ccc2oc(CBr)cc2c1.COc1ccc2oc(COc3ccc(COc4ccc5c(C)cc(=O)oc5c4)cc3)cc2c1. The maximum atomic E-state index is 11.6. The summed E-state index contributed by atoms with van der Waals surface area (Å²) in [5.74, 6) is 4.69. The van der Waals surface area contributed by atoms with E-state index in [1.54, 1.807) is 20.3 Å². The number of rotatable bonds is 9. The van der Waals surface area contributed by atoms with Crippen LogP contribution in [0.25, 0.3) is 32.9 Å². The second-order valence-corrected chi connectivity index (χ2v) is 11.1. The summed E-state index contributed by atoms with van der Waals surface area (Å²) in [6.45, 7) is 2.59. The Balaban J connectivity index is 0.000000238. The van der Waals surface area contributed by atoms with Crippen molar-refractivity contribution in [3.8, 4) is 23.0 Å². The van der Waals surface area contributed by atoms with Crippen LogP contribution in [0.2, 0.25) is 0 Å². The van der Waals surface area contributed by atoms with Gasteiger partial charge in [-0.05, 0) is 90.8 Å². The molecule has 3 heterocycles. The van der Waals surface area contributed by atoms with Crippen LogP contribution in [-0.2, 0) is 18.5 Å². The number of halogens is 1. The highest BCUT2D eigenvalue weighted by Gasteiger charge is 2.08. The van der Waals surface area contributed by atoms with E-state index in [1.165, 1.54) is 6.07 Å². The van der Waals surface area contributed by atoms with E-state index in [2.05, 4.69) is 15.9 Å². The molecule has 0 saturated carbocycles. The summed E-state index contributed by atoms with van der Waals surface area (Å²) in [6.07, 6.45) is 0. The van der Waals surface area contributed by atoms with Crippen molar-refractivity contribution < 1.29 is 32.2 Å². The maximum absolute atomic E-state index is 11.6. The lowest BCUT2D eigenvalue weighted by atomic mass is 10.1. The van der Waals surface area contributed by atoms with Crippen molar-refractivity contribution in [1.82, 2.24) is 0 Å². The number of furan rings is 2. The van der Waals surface area contributed by atoms with Gasteiger partial charge in [0, 0.05) is 28.3 Å². The van der Waals surface area contributed by atoms with Gasteiger partial charge in [-0.3, -0.25) is 0 Å². The molecule has 7 aromatic rings. The molecule has 0 N–H and O–H groups in total. The number of hydrogen-bond acceptors (Lipinski definition) is 8. The minimum atomic E-state index is -0.366. The van der Waals surface area contributed by atoms with E-state index in [0.717, 1.165) is 72.6 Å². The topological polar surface area (TPSA) is 93.4 Å². The van der Waals surface area contributed by atoms with Gasteiger partial charge in [-0.1, -0.05) is 28.1 Å². The van der Waals surface area contributed by atoms with Gasteiger partial charge in [0.25, 0.3) is 0 Å². The molecule has 3 aromatic heterocycles. The Kier molecular flexibility index (Phi) is 9.30. The Morgan fingerprint density at radius 2 is 1.17 bits per heavy atom. The monoisotopic (exact) mass is 682 g/mol. The molecule has 4 aromatic carbocycles. The molecule has 0 unspecified atom stereocenters. The summed E-state index contributed by atoms with van der Waals surface area (Å²) >= 11 is 3.35. The van der Waals surface area contributed by atoms with Gasteiger partial charge in [0.05, 0.1) is 19.5 Å². The number of hydrogen-bond donors (Lipinski definition) is 0. The standard InChI is InChI=1S/C27H22O6.C10H9BrO2/c1-17-11-27(28)33-26-14-22(7-9-24(17)26)30-15-18-3-5-20(6-4-18)31-16-23-13-19-12-21(29-2)8-10-25(19)32-23;1-12-8-2-3-10-7(4-8)5-9(6-11)13-10/h3-14H,15-16H2,1-2H3;2-5H,6H2,1H3. The van der Waals surface area contributed by atoms with Gasteiger partial charge >= 0.3 is 5.63 Å². The molecule has 0 saturated heterocycles. The van der Waals surface area contributed by atoms with Crippen LogP contribution in [0.5, 0.6) is 23.0 Å². The molecule has 0 fully saturated rings. The molecular weight excluding hydrogens is 652 g/mol. The summed E-state index contributed by atoms with van der Waals surface area (Å²) in [4.78, 5) is 11.6. The van der Waals surface area contributed by atoms with Crippen LogP contribution in [0.3, 0.4) is 0 Å². The second kappa shape index (κ2) is 13.9. The highest BCUT2D eigenvalue weighted by Crippen LogP contribution is 2.27. The predicted octanol–water partition coefficient (Wildman–Crippen LogP) is 9.35. The number of methoxy groups -OCH3 is 2. The fraction of sp³-hybridized carbons (Fsp3) is 0.162. The number of benzene rings is 4. The molecular formula is C37H31BrO8. The first kappa shape index (κ1) is 30.9. The third-order valence-corrected chi connectivity index (χ3v) is 7.87. The van der Waals surface area contributed by atoms with Gasteiger partial charge in [-0.25, -0.2) is 4.79 Å². The fourth-order valence-corrected chi connectivity index (χ4v) is 5.22. The summed E-state index contributed by atoms with van der Waals surface area (Å²) in [5, 5.41) is 3.69. The average molecular weight is 684 g/mol. The van der Waals surface area contributed by atoms with Crippen molar-refractivity contribution in [2.75, 3.05) is 14.2 Å². The Morgan fingerprint density at radius 1 is 0.587 bits per heavy atom. The molecule has 46 heavy (non-hydrogen) atoms. The van der Waals surface area contributed by atoms with E-state index in [4.69, 9.17) is 32.2 Å². The lowest BCUT2D eigenvalue weighted by molar-refractivity contribution is 0.274. The van der Waals surface area contributed by atoms with Gasteiger partial charge < -0.3 is 32.2 Å². The lowest BCUT2D eigenvalue weighted by Crippen LogP contribution is -1.99. The van der Waals surface area contributed by atoms with Crippen molar-refractivity contribution in [3.05, 3.63) is 130 Å². The van der Waals surface area contributed by atoms with Crippen LogP contribution >= 0.6 is 15.9 Å². The van der Waals surface area contributed by atoms with Gasteiger partial charge in [-0.15, -0.1) is 0 Å². The van der Waals surface area contributed by atoms with Crippen molar-refractivity contribution in [1.29, 1.82) is 0 Å². The minimum absolute atomic E-state index is 0.328. The average Bonchev–Trinajstić information content (AvgIpc) is 3.69. The zero-order valence-corrected chi connectivity index (χ0v) is 27.1. The van der Waals surface area contributed by atoms with Crippen LogP contribution in [0.15, 0.2) is 115 Å². The van der Waals surface area contributed by atoms with Gasteiger partial charge in [0.15, 0.2) is 0 Å². The Morgan fingerprint density at radius 3 is 1.83 bits per heavy atom. The quantitative estimate of drug-likeness (QED) is 0.110. The number of fused-ring (bicyclic) bond motifs is 3. The Labute approximate surface area is 273 Å². The van der Waals surface area contributed by atoms with E-state index < -0.39 is 0 Å². The maximum Gasteiger partial charge on any atom is 0.336 e. The number of alkyl halides is 1. The van der Waals surface area contributed by atoms with Gasteiger partial charge in [-0.2, -0.15) is 0 Å². The van der Waals surface area contributed by atoms with Crippen molar-refractivity contribution in [2.24, 2.45) is 0 Å². The smallest absolute Gasteiger partial charge is 0.336 e. The number of ether oxygens (including phenoxy) is 4. The summed E-state index contributed by atoms with van der Waals surface area (Å²) in [7, 11) is 3.30. The molecule has 7 rings (SSSR count). The van der Waals surface area contributed by atoms with Crippen LogP contribution in [0.4, 0.5) is 0 Å². The second-order valence-electron chi connectivity index (χ2n) is 10.5. The summed E-state index contributed by atoms with van der Waals surface area (Å²) in [5.41, 5.74) is 3.72. The van der Waals surface area contributed by atoms with Gasteiger partial charge in [0.1, 0.15) is 64.5 Å². The van der Waals surface area contributed by atoms with Crippen LogP contribution in [0, 0.1) is 6.92 Å². The summed E-state index contributed by atoms with van der Waals surface area (Å²) in [6, 6.07) is 30.1. The van der Waals surface area contributed by atoms with Crippen LogP contribution in [-0.4, -0.2) is 14.2 Å². The molecule has 8 nitrogen and oxygen atoms in total. The van der Waals surface area contributed by atoms with Crippen molar-refractivity contribution in [2.45, 2.75) is 25.5 Å². The first-order valence-corrected chi connectivity index (χ1v) is 15.6. The molecule has 0 spiro atoms. The summed E-state index contributed by atoms with van der Waals surface area (Å²) < 4.78 is 38.7. The van der Waals surface area contributed by atoms with Crippen LogP contribution < -0.4 is 24.6 Å². The fourth-order valence-electron chi connectivity index (χ4n) is 4.94. The van der Waals surface area contributed by atoms with E-state index in [1.807, 2.05) is 91.9 Å². The molecule has 0 atom stereocenters. The predicted molar refractivity (Wildman–Crippen MR) is 180 cm³/mol. The molecule has 0 aliphatic rings. The lowest BCUT2D eigenvalue weighted by Gasteiger charge is -2.09. The van der Waals surface area contributed by atoms with E-state index >= 15 is 0 Å². The highest BCUT2D eigenvalue weighted by molar-refractivity contribution is 9.08. The minimum Gasteiger partial charge on any atom is -0.497 e. The normalized spacial score (nSPS) is 11.0. The molecule has 0 amide bonds. The Bertz CT molecular complexity index is 2160. The zero-order chi connectivity index (χ0) is 32.0. The van der Waals surface area contributed by atoms with Crippen molar-refractivity contribution >= 4 is 48.8 Å². The van der Waals surface area contributed by atoms with E-state index in [-0.39, 0.29) is 5.63 Å². The molecule has 234 valence electrons. The Hall–Kier alpha value is -5.15. The van der Waals surface area contributed by atoms with Crippen molar-refractivity contribution in [3.63, 3.8) is 0 Å². The first-order chi connectivity index (χ1) is 22.4. The van der Waals surface area contributed by atoms with E-state index in [9.17, 15) is 4.79 Å². The molecule has 9 heteroatoms. The number of aryl methyl sites for hydroxylation is 1. The molecule has 0 radical (unpaired) electrons. The van der Waals surface area contributed by atoms with Gasteiger partial charge in [0.2, 0.25) is 0 Å². The first-order valence-electron chi connectivity index (χ1n) is 14.5. The van der Waals surface area contributed by atoms with E-state index in [0.29, 0.717) is 24.5 Å². The largest absolute Gasteiger partial charge is 0.497 e.